The molecule has 80 valence electrons. The second kappa shape index (κ2) is 3.59. The highest BCUT2D eigenvalue weighted by molar-refractivity contribution is 9.11. The van der Waals surface area contributed by atoms with E-state index in [9.17, 15) is 4.79 Å². The van der Waals surface area contributed by atoms with Gasteiger partial charge in [0.2, 0.25) is 0 Å². The van der Waals surface area contributed by atoms with E-state index >= 15 is 0 Å². The van der Waals surface area contributed by atoms with Gasteiger partial charge in [0, 0.05) is 6.04 Å². The quantitative estimate of drug-likeness (QED) is 0.889. The van der Waals surface area contributed by atoms with Crippen molar-refractivity contribution in [2.24, 2.45) is 11.8 Å². The van der Waals surface area contributed by atoms with E-state index in [2.05, 4.69) is 21.2 Å². The summed E-state index contributed by atoms with van der Waals surface area (Å²) in [7, 11) is 0. The third-order valence-electron chi connectivity index (χ3n) is 3.38. The summed E-state index contributed by atoms with van der Waals surface area (Å²) >= 11 is 4.86. The Morgan fingerprint density at radius 3 is 2.67 bits per heavy atom. The molecule has 0 aromatic carbocycles. The van der Waals surface area contributed by atoms with Crippen molar-refractivity contribution in [3.8, 4) is 0 Å². The molecule has 1 aromatic rings. The van der Waals surface area contributed by atoms with Gasteiger partial charge >= 0.3 is 0 Å². The van der Waals surface area contributed by atoms with Crippen LogP contribution >= 0.6 is 27.3 Å². The van der Waals surface area contributed by atoms with Gasteiger partial charge in [0.25, 0.3) is 5.91 Å². The Balaban J connectivity index is 1.61. The first-order valence-corrected chi connectivity index (χ1v) is 6.89. The lowest BCUT2D eigenvalue weighted by Crippen LogP contribution is -2.33. The minimum Gasteiger partial charge on any atom is -0.349 e. The molecule has 0 bridgehead atoms. The summed E-state index contributed by atoms with van der Waals surface area (Å²) in [6, 6.07) is 4.23. The predicted molar refractivity (Wildman–Crippen MR) is 64.1 cm³/mol. The van der Waals surface area contributed by atoms with Crippen molar-refractivity contribution in [2.75, 3.05) is 0 Å². The smallest absolute Gasteiger partial charge is 0.261 e. The average Bonchev–Trinajstić information content (AvgIpc) is 2.63. The van der Waals surface area contributed by atoms with Gasteiger partial charge in [-0.1, -0.05) is 0 Å². The molecule has 2 fully saturated rings. The molecule has 0 radical (unpaired) electrons. The number of carbonyl (C=O) groups excluding carboxylic acids is 1. The van der Waals surface area contributed by atoms with Gasteiger partial charge in [0.05, 0.1) is 8.66 Å². The zero-order valence-electron chi connectivity index (χ0n) is 8.20. The highest BCUT2D eigenvalue weighted by Gasteiger charge is 2.46. The molecule has 2 nitrogen and oxygen atoms in total. The molecule has 2 saturated carbocycles. The Labute approximate surface area is 101 Å². The molecule has 1 amide bonds. The SMILES string of the molecule is O=C(NC1CC2CC2C1)c1ccc(Br)s1. The van der Waals surface area contributed by atoms with Crippen LogP contribution in [0.25, 0.3) is 0 Å². The van der Waals surface area contributed by atoms with E-state index < -0.39 is 0 Å². The van der Waals surface area contributed by atoms with E-state index in [1.165, 1.54) is 30.6 Å². The first kappa shape index (κ1) is 9.85. The van der Waals surface area contributed by atoms with Crippen LogP contribution in [0.1, 0.15) is 28.9 Å². The van der Waals surface area contributed by atoms with Gasteiger partial charge in [0.15, 0.2) is 0 Å². The standard InChI is InChI=1S/C11H12BrNOS/c12-10-2-1-9(15-10)11(14)13-8-4-6-3-7(6)5-8/h1-2,6-8H,3-5H2,(H,13,14). The number of hydrogen-bond donors (Lipinski definition) is 1. The molecule has 1 heterocycles. The van der Waals surface area contributed by atoms with Crippen molar-refractivity contribution in [1.29, 1.82) is 0 Å². The van der Waals surface area contributed by atoms with Crippen LogP contribution in [0.15, 0.2) is 15.9 Å². The third-order valence-corrected chi connectivity index (χ3v) is 5.00. The van der Waals surface area contributed by atoms with Crippen LogP contribution in [0.3, 0.4) is 0 Å². The van der Waals surface area contributed by atoms with Crippen molar-refractivity contribution in [1.82, 2.24) is 5.32 Å². The Morgan fingerprint density at radius 1 is 1.33 bits per heavy atom. The van der Waals surface area contributed by atoms with Crippen LogP contribution in [0.5, 0.6) is 0 Å². The second-order valence-corrected chi connectivity index (χ2v) is 6.96. The van der Waals surface area contributed by atoms with E-state index in [4.69, 9.17) is 0 Å². The molecule has 4 heteroatoms. The number of carbonyl (C=O) groups is 1. The number of fused-ring (bicyclic) bond motifs is 1. The van der Waals surface area contributed by atoms with Crippen LogP contribution in [0, 0.1) is 11.8 Å². The van der Waals surface area contributed by atoms with Crippen molar-refractivity contribution in [2.45, 2.75) is 25.3 Å². The van der Waals surface area contributed by atoms with Gasteiger partial charge in [0.1, 0.15) is 0 Å². The Bertz CT molecular complexity index is 393. The Kier molecular flexibility index (Phi) is 2.36. The van der Waals surface area contributed by atoms with E-state index in [1.807, 2.05) is 12.1 Å². The first-order valence-electron chi connectivity index (χ1n) is 5.28. The van der Waals surface area contributed by atoms with Crippen LogP contribution < -0.4 is 5.32 Å². The van der Waals surface area contributed by atoms with Gasteiger partial charge < -0.3 is 5.32 Å². The van der Waals surface area contributed by atoms with E-state index in [1.54, 1.807) is 0 Å². The highest BCUT2D eigenvalue weighted by Crippen LogP contribution is 2.51. The molecule has 3 rings (SSSR count). The largest absolute Gasteiger partial charge is 0.349 e. The van der Waals surface area contributed by atoms with E-state index in [0.717, 1.165) is 20.5 Å². The molecule has 0 aliphatic heterocycles. The van der Waals surface area contributed by atoms with Crippen molar-refractivity contribution in [3.63, 3.8) is 0 Å². The fraction of sp³-hybridized carbons (Fsp3) is 0.545. The molecule has 1 N–H and O–H groups in total. The summed E-state index contributed by atoms with van der Waals surface area (Å²) in [5.41, 5.74) is 0. The minimum absolute atomic E-state index is 0.0944. The summed E-state index contributed by atoms with van der Waals surface area (Å²) in [6.07, 6.45) is 3.79. The van der Waals surface area contributed by atoms with Crippen LogP contribution in [0.2, 0.25) is 0 Å². The molecule has 2 aliphatic rings. The van der Waals surface area contributed by atoms with Crippen molar-refractivity contribution < 1.29 is 4.79 Å². The molecule has 2 aliphatic carbocycles. The third kappa shape index (κ3) is 1.97. The molecule has 2 unspecified atom stereocenters. The van der Waals surface area contributed by atoms with Crippen molar-refractivity contribution in [3.05, 3.63) is 20.8 Å². The van der Waals surface area contributed by atoms with Crippen LogP contribution in [0.4, 0.5) is 0 Å². The molecule has 1 aromatic heterocycles. The maximum Gasteiger partial charge on any atom is 0.261 e. The fourth-order valence-electron chi connectivity index (χ4n) is 2.53. The van der Waals surface area contributed by atoms with Gasteiger partial charge in [-0.05, 0) is 59.2 Å². The summed E-state index contributed by atoms with van der Waals surface area (Å²) in [4.78, 5) is 12.6. The lowest BCUT2D eigenvalue weighted by molar-refractivity contribution is 0.0939. The predicted octanol–water partition coefficient (Wildman–Crippen LogP) is 3.04. The van der Waals surface area contributed by atoms with Crippen LogP contribution in [-0.4, -0.2) is 11.9 Å². The van der Waals surface area contributed by atoms with E-state index in [-0.39, 0.29) is 5.91 Å². The lowest BCUT2D eigenvalue weighted by atomic mass is 10.1. The van der Waals surface area contributed by atoms with Gasteiger partial charge in [-0.25, -0.2) is 0 Å². The first-order chi connectivity index (χ1) is 7.22. The molecular formula is C11H12BrNOS. The molecule has 2 atom stereocenters. The molecule has 0 saturated heterocycles. The number of rotatable bonds is 2. The lowest BCUT2D eigenvalue weighted by Gasteiger charge is -2.12. The van der Waals surface area contributed by atoms with E-state index in [0.29, 0.717) is 6.04 Å². The second-order valence-electron chi connectivity index (χ2n) is 4.50. The minimum atomic E-state index is 0.0944. The normalized spacial score (nSPS) is 32.5. The number of nitrogens with one attached hydrogen (secondary N) is 1. The Hall–Kier alpha value is -0.350. The number of amides is 1. The van der Waals surface area contributed by atoms with Gasteiger partial charge in [-0.2, -0.15) is 0 Å². The Morgan fingerprint density at radius 2 is 2.07 bits per heavy atom. The summed E-state index contributed by atoms with van der Waals surface area (Å²) in [5.74, 6) is 1.94. The fourth-order valence-corrected chi connectivity index (χ4v) is 3.81. The summed E-state index contributed by atoms with van der Waals surface area (Å²) in [5, 5.41) is 3.12. The maximum atomic E-state index is 11.8. The van der Waals surface area contributed by atoms with Gasteiger partial charge in [-0.15, -0.1) is 11.3 Å². The summed E-state index contributed by atoms with van der Waals surface area (Å²) in [6.45, 7) is 0. The average molecular weight is 286 g/mol. The van der Waals surface area contributed by atoms with Crippen molar-refractivity contribution >= 4 is 33.2 Å². The summed E-state index contributed by atoms with van der Waals surface area (Å²) < 4.78 is 1.02. The zero-order chi connectivity index (χ0) is 10.4. The monoisotopic (exact) mass is 285 g/mol. The maximum absolute atomic E-state index is 11.8. The molecule has 0 spiro atoms. The number of hydrogen-bond acceptors (Lipinski definition) is 2. The highest BCUT2D eigenvalue weighted by atomic mass is 79.9. The topological polar surface area (TPSA) is 29.1 Å². The number of halogens is 1. The number of thiophene rings is 1. The zero-order valence-corrected chi connectivity index (χ0v) is 10.6. The van der Waals surface area contributed by atoms with Gasteiger partial charge in [-0.3, -0.25) is 4.79 Å². The molecular weight excluding hydrogens is 274 g/mol. The molecule has 15 heavy (non-hydrogen) atoms. The van der Waals surface area contributed by atoms with Crippen LogP contribution in [-0.2, 0) is 0 Å².